The van der Waals surface area contributed by atoms with Crippen molar-refractivity contribution in [3.63, 3.8) is 0 Å². The molecule has 0 spiro atoms. The molecule has 0 aliphatic carbocycles. The Bertz CT molecular complexity index is 1010. The first-order valence-electron chi connectivity index (χ1n) is 8.93. The molecule has 2 aromatic carbocycles. The Morgan fingerprint density at radius 2 is 1.89 bits per heavy atom. The molecule has 3 aromatic rings. The van der Waals surface area contributed by atoms with Crippen molar-refractivity contribution in [3.05, 3.63) is 60.2 Å². The highest BCUT2D eigenvalue weighted by atomic mass is 32.1. The van der Waals surface area contributed by atoms with Gasteiger partial charge in [0.15, 0.2) is 0 Å². The van der Waals surface area contributed by atoms with Crippen LogP contribution < -0.4 is 5.01 Å². The van der Waals surface area contributed by atoms with Crippen LogP contribution in [-0.4, -0.2) is 28.9 Å². The second kappa shape index (κ2) is 7.40. The van der Waals surface area contributed by atoms with E-state index in [-0.39, 0.29) is 5.91 Å². The number of nitrogens with zero attached hydrogens (tertiary/aromatic N) is 4. The van der Waals surface area contributed by atoms with Crippen molar-refractivity contribution in [1.82, 2.24) is 4.98 Å². The fraction of sp³-hybridized carbons (Fsp3) is 0.238. The van der Waals surface area contributed by atoms with Crippen molar-refractivity contribution in [2.75, 3.05) is 11.6 Å². The number of aliphatic imine (C=N–C) groups is 1. The third-order valence-corrected chi connectivity index (χ3v) is 5.63. The summed E-state index contributed by atoms with van der Waals surface area (Å²) in [5.41, 5.74) is 3.70. The minimum atomic E-state index is -0.396. The molecule has 2 heterocycles. The first-order chi connectivity index (χ1) is 13.1. The zero-order valence-corrected chi connectivity index (χ0v) is 16.1. The first kappa shape index (κ1) is 17.5. The highest BCUT2D eigenvalue weighted by Crippen LogP contribution is 2.32. The van der Waals surface area contributed by atoms with Gasteiger partial charge in [0.2, 0.25) is 5.13 Å². The summed E-state index contributed by atoms with van der Waals surface area (Å²) in [6, 6.07) is 18.1. The Labute approximate surface area is 162 Å². The lowest BCUT2D eigenvalue weighted by Gasteiger charge is -2.11. The predicted octanol–water partition coefficient (Wildman–Crippen LogP) is 4.34. The van der Waals surface area contributed by atoms with Crippen molar-refractivity contribution in [3.8, 4) is 0 Å². The van der Waals surface area contributed by atoms with E-state index in [1.165, 1.54) is 21.9 Å². The predicted molar refractivity (Wildman–Crippen MR) is 112 cm³/mol. The topological polar surface area (TPSA) is 57.9 Å². The zero-order chi connectivity index (χ0) is 18.8. The summed E-state index contributed by atoms with van der Waals surface area (Å²) in [6.07, 6.45) is 0.858. The van der Waals surface area contributed by atoms with Gasteiger partial charge in [-0.3, -0.25) is 9.79 Å². The first-order valence-corrected chi connectivity index (χ1v) is 9.74. The van der Waals surface area contributed by atoms with Gasteiger partial charge in [-0.1, -0.05) is 53.8 Å². The number of thiazole rings is 1. The van der Waals surface area contributed by atoms with Crippen molar-refractivity contribution < 1.29 is 4.79 Å². The number of hydrogen-bond donors (Lipinski definition) is 0. The van der Waals surface area contributed by atoms with Crippen molar-refractivity contribution in [2.24, 2.45) is 16.0 Å². The minimum absolute atomic E-state index is 0.0764. The van der Waals surface area contributed by atoms with E-state index in [0.29, 0.717) is 11.7 Å². The summed E-state index contributed by atoms with van der Waals surface area (Å²) < 4.78 is 1.05. The van der Waals surface area contributed by atoms with Crippen molar-refractivity contribution in [2.45, 2.75) is 20.3 Å². The molecule has 5 nitrogen and oxygen atoms in total. The van der Waals surface area contributed by atoms with Crippen LogP contribution in [-0.2, 0) is 11.2 Å². The summed E-state index contributed by atoms with van der Waals surface area (Å²) in [4.78, 5) is 22.2. The Kier molecular flexibility index (Phi) is 4.81. The molecule has 0 bridgehead atoms. The van der Waals surface area contributed by atoms with Crippen LogP contribution >= 0.6 is 11.3 Å². The van der Waals surface area contributed by atoms with E-state index in [1.54, 1.807) is 0 Å². The van der Waals surface area contributed by atoms with Crippen LogP contribution in [0.1, 0.15) is 19.4 Å². The van der Waals surface area contributed by atoms with Crippen LogP contribution in [0.25, 0.3) is 10.2 Å². The number of para-hydroxylation sites is 1. The SMILES string of the molecule is CC(=NCCc1ccccc1)[C@H]1C(=O)N(c2nc3ccccc3s2)N=C1C. The lowest BCUT2D eigenvalue weighted by atomic mass is 9.99. The third kappa shape index (κ3) is 3.53. The normalized spacial score (nSPS) is 17.6. The van der Waals surface area contributed by atoms with Crippen LogP contribution in [0.15, 0.2) is 64.7 Å². The number of fused-ring (bicyclic) bond motifs is 1. The molecular formula is C21H20N4OS. The van der Waals surface area contributed by atoms with Gasteiger partial charge in [-0.2, -0.15) is 10.1 Å². The number of carbonyl (C=O) groups excluding carboxylic acids is 1. The second-order valence-electron chi connectivity index (χ2n) is 6.55. The Morgan fingerprint density at radius 1 is 1.15 bits per heavy atom. The average Bonchev–Trinajstić information content (AvgIpc) is 3.23. The molecule has 0 unspecified atom stereocenters. The molecule has 4 rings (SSSR count). The molecule has 0 radical (unpaired) electrons. The van der Waals surface area contributed by atoms with Gasteiger partial charge in [0, 0.05) is 12.3 Å². The number of hydrogen-bond acceptors (Lipinski definition) is 5. The van der Waals surface area contributed by atoms with E-state index in [9.17, 15) is 4.79 Å². The fourth-order valence-corrected chi connectivity index (χ4v) is 4.15. The molecule has 0 saturated heterocycles. The lowest BCUT2D eigenvalue weighted by molar-refractivity contribution is -0.118. The van der Waals surface area contributed by atoms with Gasteiger partial charge in [0.1, 0.15) is 5.92 Å². The maximum Gasteiger partial charge on any atom is 0.264 e. The van der Waals surface area contributed by atoms with Gasteiger partial charge in [-0.15, -0.1) is 0 Å². The van der Waals surface area contributed by atoms with Gasteiger partial charge in [0.25, 0.3) is 5.91 Å². The Balaban J connectivity index is 1.50. The van der Waals surface area contributed by atoms with Crippen LogP contribution in [0.3, 0.4) is 0 Å². The molecule has 1 atom stereocenters. The highest BCUT2D eigenvalue weighted by Gasteiger charge is 2.37. The number of rotatable bonds is 5. The molecule has 0 fully saturated rings. The zero-order valence-electron chi connectivity index (χ0n) is 15.3. The van der Waals surface area contributed by atoms with E-state index in [4.69, 9.17) is 0 Å². The standard InChI is InChI=1S/C21H20N4OS/c1-14(22-13-12-16-8-4-3-5-9-16)19-15(2)24-25(20(19)26)21-23-17-10-6-7-11-18(17)27-21/h3-11,19H,12-13H2,1-2H3/t19-/m1/s1. The van der Waals surface area contributed by atoms with Crippen LogP contribution in [0.2, 0.25) is 0 Å². The maximum absolute atomic E-state index is 13.0. The molecule has 1 aliphatic rings. The van der Waals surface area contributed by atoms with Gasteiger partial charge in [-0.05, 0) is 38.0 Å². The largest absolute Gasteiger partial charge is 0.293 e. The number of hydrazone groups is 1. The van der Waals surface area contributed by atoms with Gasteiger partial charge >= 0.3 is 0 Å². The quantitative estimate of drug-likeness (QED) is 0.622. The fourth-order valence-electron chi connectivity index (χ4n) is 3.23. The molecule has 136 valence electrons. The van der Waals surface area contributed by atoms with Crippen molar-refractivity contribution >= 4 is 44.0 Å². The van der Waals surface area contributed by atoms with E-state index in [2.05, 4.69) is 27.2 Å². The van der Waals surface area contributed by atoms with Gasteiger partial charge < -0.3 is 0 Å². The monoisotopic (exact) mass is 376 g/mol. The van der Waals surface area contributed by atoms with Gasteiger partial charge in [-0.25, -0.2) is 4.98 Å². The van der Waals surface area contributed by atoms with Crippen molar-refractivity contribution in [1.29, 1.82) is 0 Å². The van der Waals surface area contributed by atoms with Gasteiger partial charge in [0.05, 0.1) is 15.9 Å². The molecule has 27 heavy (non-hydrogen) atoms. The molecule has 1 aliphatic heterocycles. The summed E-state index contributed by atoms with van der Waals surface area (Å²) in [7, 11) is 0. The lowest BCUT2D eigenvalue weighted by Crippen LogP contribution is -2.31. The number of amides is 1. The number of aromatic nitrogens is 1. The maximum atomic E-state index is 13.0. The number of carbonyl (C=O) groups is 1. The summed E-state index contributed by atoms with van der Waals surface area (Å²) >= 11 is 1.48. The van der Waals surface area contributed by atoms with Crippen LogP contribution in [0, 0.1) is 5.92 Å². The molecule has 0 saturated carbocycles. The van der Waals surface area contributed by atoms with Crippen LogP contribution in [0.4, 0.5) is 5.13 Å². The van der Waals surface area contributed by atoms with E-state index < -0.39 is 5.92 Å². The average molecular weight is 376 g/mol. The minimum Gasteiger partial charge on any atom is -0.293 e. The molecular weight excluding hydrogens is 356 g/mol. The van der Waals surface area contributed by atoms with E-state index in [1.807, 2.05) is 56.3 Å². The van der Waals surface area contributed by atoms with E-state index in [0.717, 1.165) is 28.1 Å². The Morgan fingerprint density at radius 3 is 2.67 bits per heavy atom. The third-order valence-electron chi connectivity index (χ3n) is 4.62. The molecule has 0 N–H and O–H groups in total. The molecule has 1 amide bonds. The van der Waals surface area contributed by atoms with Crippen LogP contribution in [0.5, 0.6) is 0 Å². The number of benzene rings is 2. The summed E-state index contributed by atoms with van der Waals surface area (Å²) in [6.45, 7) is 4.45. The second-order valence-corrected chi connectivity index (χ2v) is 7.56. The number of anilines is 1. The van der Waals surface area contributed by atoms with E-state index >= 15 is 0 Å². The summed E-state index contributed by atoms with van der Waals surface area (Å²) in [5.74, 6) is -0.472. The summed E-state index contributed by atoms with van der Waals surface area (Å²) in [5, 5.41) is 6.51. The highest BCUT2D eigenvalue weighted by molar-refractivity contribution is 7.22. The smallest absolute Gasteiger partial charge is 0.264 e. The Hall–Kier alpha value is -2.86. The molecule has 6 heteroatoms. The molecule has 1 aromatic heterocycles.